The number of nitrogens with zero attached hydrogens (tertiary/aromatic N) is 2. The number of rotatable bonds is 5. The molecule has 76 heavy (non-hydrogen) atoms. The Morgan fingerprint density at radius 1 is 0.355 bits per heavy atom. The Hall–Kier alpha value is -5.80. The number of benzene rings is 7. The predicted octanol–water partition coefficient (Wildman–Crippen LogP) is 18.4. The molecular formula is C73H87BN2. The van der Waals surface area contributed by atoms with E-state index in [-0.39, 0.29) is 50.0 Å². The van der Waals surface area contributed by atoms with Crippen LogP contribution in [-0.4, -0.2) is 6.71 Å². The third kappa shape index (κ3) is 8.43. The second-order valence-corrected chi connectivity index (χ2v) is 30.1. The van der Waals surface area contributed by atoms with Gasteiger partial charge in [-0.2, -0.15) is 0 Å². The fourth-order valence-electron chi connectivity index (χ4n) is 13.7. The SMILES string of the molecule is CC(C)(C)c1ccc(-c2cc(C(C)(C)C)ccc2N2c3ccc(C(C)(C)c4ccccc4)cc3B3c4cc5c(cc4N(c4ccc6c(c4)C(C)(C)CCC6(C)C)c4cc(C(C)(C)C)cc2c43)C(C)(C)CCC5(C)C)cc1. The van der Waals surface area contributed by atoms with Crippen molar-refractivity contribution in [3.63, 3.8) is 0 Å². The zero-order valence-corrected chi connectivity index (χ0v) is 50.0. The molecule has 3 heteroatoms. The van der Waals surface area contributed by atoms with Crippen LogP contribution in [0.4, 0.5) is 34.1 Å². The van der Waals surface area contributed by atoms with E-state index in [0.29, 0.717) is 0 Å². The van der Waals surface area contributed by atoms with Crippen molar-refractivity contribution in [2.45, 2.75) is 201 Å². The summed E-state index contributed by atoms with van der Waals surface area (Å²) >= 11 is 0. The molecule has 0 bridgehead atoms. The van der Waals surface area contributed by atoms with Crippen LogP contribution in [0.3, 0.4) is 0 Å². The van der Waals surface area contributed by atoms with Crippen molar-refractivity contribution in [3.8, 4) is 11.1 Å². The average Bonchev–Trinajstić information content (AvgIpc) is 3.49. The van der Waals surface area contributed by atoms with Crippen LogP contribution in [0.2, 0.25) is 0 Å². The molecule has 4 aliphatic rings. The number of hydrogen-bond donors (Lipinski definition) is 0. The molecule has 0 saturated carbocycles. The van der Waals surface area contributed by atoms with E-state index in [1.165, 1.54) is 125 Å². The van der Waals surface area contributed by atoms with Gasteiger partial charge in [-0.3, -0.25) is 0 Å². The Morgan fingerprint density at radius 3 is 1.42 bits per heavy atom. The molecule has 2 aliphatic carbocycles. The second kappa shape index (κ2) is 17.1. The van der Waals surface area contributed by atoms with E-state index >= 15 is 0 Å². The predicted molar refractivity (Wildman–Crippen MR) is 331 cm³/mol. The molecule has 0 fully saturated rings. The quantitative estimate of drug-likeness (QED) is 0.159. The van der Waals surface area contributed by atoms with Crippen molar-refractivity contribution in [2.75, 3.05) is 9.80 Å². The van der Waals surface area contributed by atoms with Gasteiger partial charge in [-0.25, -0.2) is 0 Å². The zero-order chi connectivity index (χ0) is 54.7. The van der Waals surface area contributed by atoms with E-state index in [9.17, 15) is 0 Å². The molecular weight excluding hydrogens is 916 g/mol. The fraction of sp³-hybridized carbons (Fsp3) is 0.425. The van der Waals surface area contributed by atoms with Crippen molar-refractivity contribution in [1.29, 1.82) is 0 Å². The summed E-state index contributed by atoms with van der Waals surface area (Å²) in [5.41, 5.74) is 26.8. The van der Waals surface area contributed by atoms with Crippen molar-refractivity contribution in [2.24, 2.45) is 0 Å². The van der Waals surface area contributed by atoms with Gasteiger partial charge in [0.25, 0.3) is 6.71 Å². The van der Waals surface area contributed by atoms with E-state index in [4.69, 9.17) is 0 Å². The first-order chi connectivity index (χ1) is 35.3. The highest BCUT2D eigenvalue weighted by molar-refractivity contribution is 7.00. The third-order valence-corrected chi connectivity index (χ3v) is 19.4. The lowest BCUT2D eigenvalue weighted by molar-refractivity contribution is 0.332. The number of hydrogen-bond acceptors (Lipinski definition) is 2. The van der Waals surface area contributed by atoms with E-state index in [2.05, 4.69) is 275 Å². The Labute approximate surface area is 459 Å². The topological polar surface area (TPSA) is 6.48 Å². The zero-order valence-electron chi connectivity index (χ0n) is 50.0. The van der Waals surface area contributed by atoms with E-state index < -0.39 is 0 Å². The first-order valence-corrected chi connectivity index (χ1v) is 28.9. The molecule has 392 valence electrons. The standard InChI is InChI=1S/C73H87BN2/c1-66(2,3)47-27-25-46(26-28-47)53-39-49(67(4,5)6)29-33-60(53)76-61-34-30-50(73(18,19)48-23-21-20-22-24-48)40-58(61)74-59-44-56-57(72(16,17)38-37-71(56,14)15)45-62(59)75(63-41-51(68(7,8)9)42-64(76)65(63)74)52-31-32-54-55(43-52)70(12,13)36-35-69(54,10)11/h20-34,39-45H,35-38H2,1-19H3. The largest absolute Gasteiger partial charge is 0.311 e. The van der Waals surface area contributed by atoms with E-state index in [0.717, 1.165) is 12.8 Å². The summed E-state index contributed by atoms with van der Waals surface area (Å²) in [4.78, 5) is 5.44. The molecule has 0 atom stereocenters. The summed E-state index contributed by atoms with van der Waals surface area (Å²) in [6, 6.07) is 53.8. The van der Waals surface area contributed by atoms with Crippen LogP contribution < -0.4 is 26.2 Å². The van der Waals surface area contributed by atoms with Gasteiger partial charge in [0.2, 0.25) is 0 Å². The summed E-state index contributed by atoms with van der Waals surface area (Å²) in [7, 11) is 0. The van der Waals surface area contributed by atoms with Crippen LogP contribution in [0.25, 0.3) is 11.1 Å². The lowest BCUT2D eigenvalue weighted by Gasteiger charge is -2.48. The summed E-state index contributed by atoms with van der Waals surface area (Å²) in [6.07, 6.45) is 4.69. The van der Waals surface area contributed by atoms with Crippen LogP contribution in [0.1, 0.15) is 207 Å². The Morgan fingerprint density at radius 2 is 0.842 bits per heavy atom. The highest BCUT2D eigenvalue weighted by Gasteiger charge is 2.48. The van der Waals surface area contributed by atoms with Crippen molar-refractivity contribution < 1.29 is 0 Å². The monoisotopic (exact) mass is 1000 g/mol. The molecule has 0 spiro atoms. The highest BCUT2D eigenvalue weighted by Crippen LogP contribution is 2.54. The maximum atomic E-state index is 2.74. The maximum Gasteiger partial charge on any atom is 0.252 e. The van der Waals surface area contributed by atoms with Gasteiger partial charge in [-0.1, -0.05) is 216 Å². The summed E-state index contributed by atoms with van der Waals surface area (Å²) in [5, 5.41) is 0. The summed E-state index contributed by atoms with van der Waals surface area (Å²) in [5.74, 6) is 0. The summed E-state index contributed by atoms with van der Waals surface area (Å²) in [6.45, 7) is 45.9. The van der Waals surface area contributed by atoms with Gasteiger partial charge in [0.15, 0.2) is 0 Å². The molecule has 0 unspecified atom stereocenters. The van der Waals surface area contributed by atoms with Crippen LogP contribution in [0, 0.1) is 0 Å². The highest BCUT2D eigenvalue weighted by atomic mass is 15.2. The molecule has 2 nitrogen and oxygen atoms in total. The van der Waals surface area contributed by atoms with Gasteiger partial charge in [0.1, 0.15) is 0 Å². The van der Waals surface area contributed by atoms with Gasteiger partial charge in [-0.15, -0.1) is 0 Å². The molecule has 7 aromatic rings. The average molecular weight is 1000 g/mol. The fourth-order valence-corrected chi connectivity index (χ4v) is 13.7. The molecule has 0 radical (unpaired) electrons. The third-order valence-electron chi connectivity index (χ3n) is 19.4. The second-order valence-electron chi connectivity index (χ2n) is 30.1. The number of anilines is 6. The Bertz CT molecular complexity index is 3450. The molecule has 2 aliphatic heterocycles. The minimum atomic E-state index is -0.246. The molecule has 7 aromatic carbocycles. The first kappa shape index (κ1) is 52.3. The van der Waals surface area contributed by atoms with Crippen molar-refractivity contribution in [3.05, 3.63) is 184 Å². The van der Waals surface area contributed by atoms with E-state index in [1.54, 1.807) is 0 Å². The lowest BCUT2D eigenvalue weighted by atomic mass is 9.32. The van der Waals surface area contributed by atoms with Crippen LogP contribution in [-0.2, 0) is 43.3 Å². The van der Waals surface area contributed by atoms with Crippen LogP contribution >= 0.6 is 0 Å². The van der Waals surface area contributed by atoms with Gasteiger partial charge in [0, 0.05) is 39.4 Å². The van der Waals surface area contributed by atoms with Gasteiger partial charge >= 0.3 is 0 Å². The van der Waals surface area contributed by atoms with Gasteiger partial charge in [0.05, 0.1) is 5.69 Å². The summed E-state index contributed by atoms with van der Waals surface area (Å²) < 4.78 is 0. The lowest BCUT2D eigenvalue weighted by Crippen LogP contribution is -2.62. The molecule has 11 rings (SSSR count). The molecule has 0 aromatic heterocycles. The van der Waals surface area contributed by atoms with Gasteiger partial charge in [-0.05, 0) is 184 Å². The normalized spacial score (nSPS) is 18.1. The minimum absolute atomic E-state index is 0.0226. The minimum Gasteiger partial charge on any atom is -0.311 e. The van der Waals surface area contributed by atoms with Crippen LogP contribution in [0.5, 0.6) is 0 Å². The molecule has 0 N–H and O–H groups in total. The maximum absolute atomic E-state index is 2.74. The van der Waals surface area contributed by atoms with Gasteiger partial charge < -0.3 is 9.80 Å². The molecule has 2 heterocycles. The van der Waals surface area contributed by atoms with Crippen molar-refractivity contribution in [1.82, 2.24) is 0 Å². The Balaban J connectivity index is 1.29. The molecule has 0 amide bonds. The Kier molecular flexibility index (Phi) is 11.8. The smallest absolute Gasteiger partial charge is 0.252 e. The van der Waals surface area contributed by atoms with E-state index in [1.807, 2.05) is 0 Å². The number of fused-ring (bicyclic) bond motifs is 6. The molecule has 0 saturated heterocycles. The van der Waals surface area contributed by atoms with Crippen LogP contribution in [0.15, 0.2) is 133 Å². The van der Waals surface area contributed by atoms with Crippen molar-refractivity contribution >= 4 is 57.2 Å². The first-order valence-electron chi connectivity index (χ1n) is 28.9.